The molecule has 2 aromatic carbocycles. The summed E-state index contributed by atoms with van der Waals surface area (Å²) in [5, 5.41) is 5.30. The average Bonchev–Trinajstić information content (AvgIpc) is 3.12. The zero-order valence-electron chi connectivity index (χ0n) is 14.6. The van der Waals surface area contributed by atoms with Crippen molar-refractivity contribution in [1.29, 1.82) is 0 Å². The fraction of sp³-hybridized carbons (Fsp3) is 0.211. The van der Waals surface area contributed by atoms with Gasteiger partial charge in [-0.05, 0) is 42.0 Å². The summed E-state index contributed by atoms with van der Waals surface area (Å²) in [6.07, 6.45) is 0. The molecule has 0 aliphatic heterocycles. The topological polar surface area (TPSA) is 59.2 Å². The Balaban J connectivity index is 1.49. The van der Waals surface area contributed by atoms with E-state index >= 15 is 0 Å². The van der Waals surface area contributed by atoms with Gasteiger partial charge in [0.2, 0.25) is 17.6 Å². The monoisotopic (exact) mass is 421 g/mol. The zero-order valence-corrected chi connectivity index (χ0v) is 16.9. The first-order valence-electron chi connectivity index (χ1n) is 8.16. The van der Waals surface area contributed by atoms with Crippen LogP contribution in [0, 0.1) is 0 Å². The molecule has 0 saturated carbocycles. The third kappa shape index (κ3) is 5.73. The standard InChI is InChI=1S/C19H17Cl2N3O2S/c1-24(18(25)12-27-11-13-2-6-15(20)7-3-13)10-17-22-19(23-26-17)14-4-8-16(21)9-5-14/h2-9H,10-12H2,1H3. The highest BCUT2D eigenvalue weighted by atomic mass is 35.5. The van der Waals surface area contributed by atoms with Crippen molar-refractivity contribution in [1.82, 2.24) is 15.0 Å². The van der Waals surface area contributed by atoms with Crippen molar-refractivity contribution >= 4 is 40.9 Å². The van der Waals surface area contributed by atoms with Crippen LogP contribution in [0.25, 0.3) is 11.4 Å². The molecule has 0 N–H and O–H groups in total. The molecule has 0 saturated heterocycles. The molecule has 3 rings (SSSR count). The van der Waals surface area contributed by atoms with Crippen LogP contribution in [0.1, 0.15) is 11.5 Å². The quantitative estimate of drug-likeness (QED) is 0.540. The van der Waals surface area contributed by atoms with E-state index in [-0.39, 0.29) is 12.5 Å². The molecule has 0 spiro atoms. The highest BCUT2D eigenvalue weighted by Crippen LogP contribution is 2.19. The zero-order chi connectivity index (χ0) is 19.2. The Labute approximate surface area is 171 Å². The first-order valence-corrected chi connectivity index (χ1v) is 10.1. The van der Waals surface area contributed by atoms with Gasteiger partial charge in [0, 0.05) is 28.4 Å². The van der Waals surface area contributed by atoms with Gasteiger partial charge in [0.15, 0.2) is 0 Å². The molecule has 0 radical (unpaired) electrons. The molecule has 0 bridgehead atoms. The first-order chi connectivity index (χ1) is 13.0. The number of benzene rings is 2. The van der Waals surface area contributed by atoms with Crippen LogP contribution < -0.4 is 0 Å². The summed E-state index contributed by atoms with van der Waals surface area (Å²) >= 11 is 13.3. The molecule has 5 nitrogen and oxygen atoms in total. The Morgan fingerprint density at radius 1 is 1.07 bits per heavy atom. The van der Waals surface area contributed by atoms with Gasteiger partial charge in [-0.3, -0.25) is 4.79 Å². The Morgan fingerprint density at radius 3 is 2.37 bits per heavy atom. The van der Waals surface area contributed by atoms with Gasteiger partial charge in [-0.15, -0.1) is 11.8 Å². The number of hydrogen-bond acceptors (Lipinski definition) is 5. The summed E-state index contributed by atoms with van der Waals surface area (Å²) in [4.78, 5) is 18.2. The summed E-state index contributed by atoms with van der Waals surface area (Å²) in [7, 11) is 1.72. The Morgan fingerprint density at radius 2 is 1.70 bits per heavy atom. The molecular formula is C19H17Cl2N3O2S. The third-order valence-corrected chi connectivity index (χ3v) is 5.27. The van der Waals surface area contributed by atoms with Crippen molar-refractivity contribution in [3.05, 3.63) is 70.0 Å². The fourth-order valence-corrected chi connectivity index (χ4v) is 3.45. The van der Waals surface area contributed by atoms with E-state index in [0.29, 0.717) is 27.5 Å². The molecule has 0 fully saturated rings. The second-order valence-electron chi connectivity index (χ2n) is 5.89. The number of halogens is 2. The molecule has 0 aliphatic rings. The van der Waals surface area contributed by atoms with Crippen LogP contribution in [0.3, 0.4) is 0 Å². The highest BCUT2D eigenvalue weighted by Gasteiger charge is 2.15. The molecule has 3 aromatic rings. The molecule has 27 heavy (non-hydrogen) atoms. The van der Waals surface area contributed by atoms with E-state index in [1.54, 1.807) is 35.8 Å². The maximum atomic E-state index is 12.3. The summed E-state index contributed by atoms with van der Waals surface area (Å²) in [6.45, 7) is 0.265. The number of carbonyl (C=O) groups is 1. The van der Waals surface area contributed by atoms with E-state index in [4.69, 9.17) is 27.7 Å². The summed E-state index contributed by atoms with van der Waals surface area (Å²) in [6, 6.07) is 14.8. The number of hydrogen-bond donors (Lipinski definition) is 0. The van der Waals surface area contributed by atoms with E-state index in [9.17, 15) is 4.79 Å². The van der Waals surface area contributed by atoms with Gasteiger partial charge < -0.3 is 9.42 Å². The molecule has 8 heteroatoms. The van der Waals surface area contributed by atoms with Crippen molar-refractivity contribution < 1.29 is 9.32 Å². The van der Waals surface area contributed by atoms with Crippen LogP contribution in [0.2, 0.25) is 10.0 Å². The minimum atomic E-state index is 0.000191. The van der Waals surface area contributed by atoms with E-state index in [1.807, 2.05) is 36.4 Å². The van der Waals surface area contributed by atoms with Crippen LogP contribution >= 0.6 is 35.0 Å². The second-order valence-corrected chi connectivity index (χ2v) is 7.75. The molecule has 0 unspecified atom stereocenters. The number of thioether (sulfide) groups is 1. The number of amides is 1. The largest absolute Gasteiger partial charge is 0.337 e. The Bertz CT molecular complexity index is 898. The molecule has 140 valence electrons. The smallest absolute Gasteiger partial charge is 0.246 e. The average molecular weight is 422 g/mol. The van der Waals surface area contributed by atoms with Crippen LogP contribution in [-0.4, -0.2) is 33.7 Å². The highest BCUT2D eigenvalue weighted by molar-refractivity contribution is 7.99. The van der Waals surface area contributed by atoms with Crippen LogP contribution in [0.5, 0.6) is 0 Å². The lowest BCUT2D eigenvalue weighted by Crippen LogP contribution is -2.28. The predicted molar refractivity (Wildman–Crippen MR) is 109 cm³/mol. The molecule has 0 atom stereocenters. The van der Waals surface area contributed by atoms with E-state index < -0.39 is 0 Å². The molecule has 1 aromatic heterocycles. The molecule has 1 amide bonds. The maximum absolute atomic E-state index is 12.3. The summed E-state index contributed by atoms with van der Waals surface area (Å²) in [5.74, 6) is 1.98. The number of aromatic nitrogens is 2. The van der Waals surface area contributed by atoms with Gasteiger partial charge >= 0.3 is 0 Å². The van der Waals surface area contributed by atoms with Gasteiger partial charge in [0.1, 0.15) is 0 Å². The van der Waals surface area contributed by atoms with Crippen molar-refractivity contribution in [2.75, 3.05) is 12.8 Å². The van der Waals surface area contributed by atoms with E-state index in [1.165, 1.54) is 0 Å². The van der Waals surface area contributed by atoms with Gasteiger partial charge in [-0.2, -0.15) is 4.98 Å². The SMILES string of the molecule is CN(Cc1nc(-c2ccc(Cl)cc2)no1)C(=O)CSCc1ccc(Cl)cc1. The van der Waals surface area contributed by atoms with Crippen molar-refractivity contribution in [3.8, 4) is 11.4 Å². The lowest BCUT2D eigenvalue weighted by Gasteiger charge is -2.14. The van der Waals surface area contributed by atoms with Crippen molar-refractivity contribution in [2.24, 2.45) is 0 Å². The first kappa shape index (κ1) is 19.7. The van der Waals surface area contributed by atoms with Gasteiger partial charge in [-0.25, -0.2) is 0 Å². The number of rotatable bonds is 7. The lowest BCUT2D eigenvalue weighted by molar-refractivity contribution is -0.127. The van der Waals surface area contributed by atoms with Crippen LogP contribution in [0.4, 0.5) is 0 Å². The summed E-state index contributed by atoms with van der Waals surface area (Å²) in [5.41, 5.74) is 1.94. The molecule has 1 heterocycles. The van der Waals surface area contributed by atoms with E-state index in [0.717, 1.165) is 16.9 Å². The lowest BCUT2D eigenvalue weighted by atomic mass is 10.2. The minimum absolute atomic E-state index is 0.000191. The van der Waals surface area contributed by atoms with Crippen LogP contribution in [0.15, 0.2) is 53.1 Å². The van der Waals surface area contributed by atoms with Gasteiger partial charge in [0.25, 0.3) is 0 Å². The fourth-order valence-electron chi connectivity index (χ4n) is 2.27. The normalized spacial score (nSPS) is 10.8. The van der Waals surface area contributed by atoms with Crippen molar-refractivity contribution in [2.45, 2.75) is 12.3 Å². The number of nitrogens with zero attached hydrogens (tertiary/aromatic N) is 3. The minimum Gasteiger partial charge on any atom is -0.337 e. The van der Waals surface area contributed by atoms with E-state index in [2.05, 4.69) is 10.1 Å². The van der Waals surface area contributed by atoms with Crippen LogP contribution in [-0.2, 0) is 17.1 Å². The summed E-state index contributed by atoms with van der Waals surface area (Å²) < 4.78 is 5.25. The van der Waals surface area contributed by atoms with Crippen molar-refractivity contribution in [3.63, 3.8) is 0 Å². The number of carbonyl (C=O) groups excluding carboxylic acids is 1. The Hall–Kier alpha value is -2.02. The predicted octanol–water partition coefficient (Wildman–Crippen LogP) is 4.94. The molecular weight excluding hydrogens is 405 g/mol. The maximum Gasteiger partial charge on any atom is 0.246 e. The van der Waals surface area contributed by atoms with Gasteiger partial charge in [-0.1, -0.05) is 40.5 Å². The van der Waals surface area contributed by atoms with Gasteiger partial charge in [0.05, 0.1) is 12.3 Å². The second kappa shape index (κ2) is 9.26. The third-order valence-electron chi connectivity index (χ3n) is 3.78. The molecule has 0 aliphatic carbocycles. The Kier molecular flexibility index (Phi) is 6.77.